The Kier molecular flexibility index (Phi) is 42.9. The van der Waals surface area contributed by atoms with E-state index in [1.54, 1.807) is 0 Å². The maximum absolute atomic E-state index is 12.7. The second kappa shape index (κ2) is 44.6. The van der Waals surface area contributed by atoms with Crippen LogP contribution in [0.5, 0.6) is 0 Å². The van der Waals surface area contributed by atoms with Gasteiger partial charge >= 0.3 is 17.9 Å². The Morgan fingerprint density at radius 1 is 0.364 bits per heavy atom. The summed E-state index contributed by atoms with van der Waals surface area (Å²) in [6, 6.07) is 0. The number of unbranched alkanes of at least 4 members (excludes halogenated alkanes) is 28. The Morgan fingerprint density at radius 2 is 0.655 bits per heavy atom. The van der Waals surface area contributed by atoms with Gasteiger partial charge in [-0.25, -0.2) is 0 Å². The van der Waals surface area contributed by atoms with Gasteiger partial charge in [0, 0.05) is 19.3 Å². The van der Waals surface area contributed by atoms with Gasteiger partial charge < -0.3 is 14.2 Å². The van der Waals surface area contributed by atoms with Gasteiger partial charge in [-0.2, -0.15) is 0 Å². The Labute approximate surface area is 341 Å². The van der Waals surface area contributed by atoms with Crippen LogP contribution in [-0.2, 0) is 28.6 Å². The van der Waals surface area contributed by atoms with Crippen LogP contribution in [0.15, 0.2) is 24.3 Å². The van der Waals surface area contributed by atoms with E-state index in [2.05, 4.69) is 45.1 Å². The molecule has 322 valence electrons. The summed E-state index contributed by atoms with van der Waals surface area (Å²) in [6.45, 7) is 6.58. The van der Waals surface area contributed by atoms with Gasteiger partial charge in [-0.05, 0) is 51.4 Å². The molecule has 0 aliphatic heterocycles. The molecule has 6 nitrogen and oxygen atoms in total. The molecule has 0 bridgehead atoms. The summed E-state index contributed by atoms with van der Waals surface area (Å²) < 4.78 is 16.7. The van der Waals surface area contributed by atoms with Crippen molar-refractivity contribution in [3.05, 3.63) is 24.3 Å². The zero-order chi connectivity index (χ0) is 40.1. The summed E-state index contributed by atoms with van der Waals surface area (Å²) in [7, 11) is 0. The van der Waals surface area contributed by atoms with Crippen molar-refractivity contribution in [2.24, 2.45) is 0 Å². The summed E-state index contributed by atoms with van der Waals surface area (Å²) in [6.07, 6.45) is 48.8. The first-order valence-electron chi connectivity index (χ1n) is 23.8. The van der Waals surface area contributed by atoms with E-state index >= 15 is 0 Å². The molecular weight excluding hydrogens is 685 g/mol. The zero-order valence-electron chi connectivity index (χ0n) is 36.7. The van der Waals surface area contributed by atoms with E-state index in [0.29, 0.717) is 19.3 Å². The molecule has 0 heterocycles. The van der Waals surface area contributed by atoms with Gasteiger partial charge in [0.25, 0.3) is 0 Å². The fourth-order valence-electron chi connectivity index (χ4n) is 6.82. The Bertz CT molecular complexity index is 896. The maximum Gasteiger partial charge on any atom is 0.306 e. The lowest BCUT2D eigenvalue weighted by atomic mass is 10.0. The first-order valence-corrected chi connectivity index (χ1v) is 23.8. The molecule has 0 saturated heterocycles. The molecule has 0 aromatic rings. The van der Waals surface area contributed by atoms with Gasteiger partial charge in [0.05, 0.1) is 0 Å². The molecule has 1 atom stereocenters. The summed E-state index contributed by atoms with van der Waals surface area (Å²) in [5.41, 5.74) is 0. The number of rotatable bonds is 43. The van der Waals surface area contributed by atoms with Crippen LogP contribution in [0.4, 0.5) is 0 Å². The molecule has 0 aromatic carbocycles. The van der Waals surface area contributed by atoms with Gasteiger partial charge in [0.2, 0.25) is 0 Å². The van der Waals surface area contributed by atoms with Crippen molar-refractivity contribution in [1.82, 2.24) is 0 Å². The molecule has 0 aliphatic rings. The highest BCUT2D eigenvalue weighted by molar-refractivity contribution is 5.71. The van der Waals surface area contributed by atoms with Crippen LogP contribution in [0.25, 0.3) is 0 Å². The van der Waals surface area contributed by atoms with Crippen LogP contribution in [0.1, 0.15) is 252 Å². The standard InChI is InChI=1S/C49H90O6/c1-4-7-10-13-16-18-20-22-23-24-25-26-27-29-30-33-36-39-42-48(51)54-45-46(44-53-47(50)41-38-35-32-15-12-9-6-3)55-49(52)43-40-37-34-31-28-21-19-17-14-11-8-5-2/h18,20,23-24,46H,4-17,19,21-22,25-45H2,1-3H3/b20-18-,24-23-. The molecule has 55 heavy (non-hydrogen) atoms. The maximum atomic E-state index is 12.7. The molecule has 1 unspecified atom stereocenters. The number of hydrogen-bond donors (Lipinski definition) is 0. The molecule has 0 radical (unpaired) electrons. The SMILES string of the molecule is CCCCCC/C=C\C/C=C\CCCCCCCCCC(=O)OCC(COC(=O)CCCCCCCCC)OC(=O)CCCCCCCCCCCCCC. The van der Waals surface area contributed by atoms with E-state index in [-0.39, 0.29) is 31.1 Å². The normalized spacial score (nSPS) is 12.1. The lowest BCUT2D eigenvalue weighted by Gasteiger charge is -2.18. The van der Waals surface area contributed by atoms with Crippen molar-refractivity contribution in [2.45, 2.75) is 258 Å². The van der Waals surface area contributed by atoms with Gasteiger partial charge in [-0.3, -0.25) is 14.4 Å². The molecule has 6 heteroatoms. The average Bonchev–Trinajstić information content (AvgIpc) is 3.18. The molecule has 0 spiro atoms. The van der Waals surface area contributed by atoms with Crippen molar-refractivity contribution in [1.29, 1.82) is 0 Å². The summed E-state index contributed by atoms with van der Waals surface area (Å²) in [4.78, 5) is 37.6. The first-order chi connectivity index (χ1) is 27.0. The van der Waals surface area contributed by atoms with Crippen LogP contribution in [0, 0.1) is 0 Å². The second-order valence-corrected chi connectivity index (χ2v) is 16.0. The van der Waals surface area contributed by atoms with Crippen LogP contribution >= 0.6 is 0 Å². The van der Waals surface area contributed by atoms with Gasteiger partial charge in [-0.15, -0.1) is 0 Å². The van der Waals surface area contributed by atoms with Crippen molar-refractivity contribution >= 4 is 17.9 Å². The minimum Gasteiger partial charge on any atom is -0.462 e. The molecule has 0 amide bonds. The van der Waals surface area contributed by atoms with E-state index in [1.165, 1.54) is 141 Å². The molecule has 0 rings (SSSR count). The topological polar surface area (TPSA) is 78.9 Å². The van der Waals surface area contributed by atoms with Crippen LogP contribution in [-0.4, -0.2) is 37.2 Å². The van der Waals surface area contributed by atoms with Gasteiger partial charge in [0.1, 0.15) is 13.2 Å². The Hall–Kier alpha value is -2.11. The minimum absolute atomic E-state index is 0.0706. The molecule has 0 aliphatic carbocycles. The van der Waals surface area contributed by atoms with E-state index in [1.807, 2.05) is 0 Å². The lowest BCUT2D eigenvalue weighted by molar-refractivity contribution is -0.167. The lowest BCUT2D eigenvalue weighted by Crippen LogP contribution is -2.30. The monoisotopic (exact) mass is 775 g/mol. The fraction of sp³-hybridized carbons (Fsp3) is 0.857. The first kappa shape index (κ1) is 52.9. The van der Waals surface area contributed by atoms with E-state index in [4.69, 9.17) is 14.2 Å². The summed E-state index contributed by atoms with van der Waals surface area (Å²) >= 11 is 0. The number of ether oxygens (including phenoxy) is 3. The van der Waals surface area contributed by atoms with Crippen LogP contribution in [0.2, 0.25) is 0 Å². The predicted molar refractivity (Wildman–Crippen MR) is 233 cm³/mol. The summed E-state index contributed by atoms with van der Waals surface area (Å²) in [5.74, 6) is -0.878. The molecule has 0 saturated carbocycles. The van der Waals surface area contributed by atoms with Crippen LogP contribution < -0.4 is 0 Å². The van der Waals surface area contributed by atoms with Crippen LogP contribution in [0.3, 0.4) is 0 Å². The molecule has 0 fully saturated rings. The van der Waals surface area contributed by atoms with E-state index in [0.717, 1.165) is 70.6 Å². The van der Waals surface area contributed by atoms with E-state index in [9.17, 15) is 14.4 Å². The van der Waals surface area contributed by atoms with Gasteiger partial charge in [0.15, 0.2) is 6.10 Å². The number of carbonyl (C=O) groups is 3. The minimum atomic E-state index is -0.765. The largest absolute Gasteiger partial charge is 0.462 e. The third-order valence-electron chi connectivity index (χ3n) is 10.5. The van der Waals surface area contributed by atoms with Crippen molar-refractivity contribution in [2.75, 3.05) is 13.2 Å². The fourth-order valence-corrected chi connectivity index (χ4v) is 6.82. The number of esters is 3. The molecule has 0 N–H and O–H groups in total. The van der Waals surface area contributed by atoms with Crippen molar-refractivity contribution < 1.29 is 28.6 Å². The third kappa shape index (κ3) is 42.9. The Balaban J connectivity index is 4.25. The highest BCUT2D eigenvalue weighted by Crippen LogP contribution is 2.15. The number of allylic oxidation sites excluding steroid dienone is 4. The summed E-state index contributed by atoms with van der Waals surface area (Å²) in [5, 5.41) is 0. The Morgan fingerprint density at radius 3 is 1.02 bits per heavy atom. The third-order valence-corrected chi connectivity index (χ3v) is 10.5. The highest BCUT2D eigenvalue weighted by Gasteiger charge is 2.19. The quantitative estimate of drug-likeness (QED) is 0.0266. The molecular formula is C49H90O6. The number of hydrogen-bond acceptors (Lipinski definition) is 6. The van der Waals surface area contributed by atoms with Crippen molar-refractivity contribution in [3.8, 4) is 0 Å². The molecule has 0 aromatic heterocycles. The predicted octanol–water partition coefficient (Wildman–Crippen LogP) is 15.2. The highest BCUT2D eigenvalue weighted by atomic mass is 16.6. The zero-order valence-corrected chi connectivity index (χ0v) is 36.7. The van der Waals surface area contributed by atoms with Gasteiger partial charge in [-0.1, -0.05) is 206 Å². The van der Waals surface area contributed by atoms with E-state index < -0.39 is 6.10 Å². The smallest absolute Gasteiger partial charge is 0.306 e. The average molecular weight is 775 g/mol. The number of carbonyl (C=O) groups excluding carboxylic acids is 3. The second-order valence-electron chi connectivity index (χ2n) is 16.0. The van der Waals surface area contributed by atoms with Crippen molar-refractivity contribution in [3.63, 3.8) is 0 Å².